The number of aryl methyl sites for hydroxylation is 1. The zero-order chi connectivity index (χ0) is 26.6. The van der Waals surface area contributed by atoms with Crippen LogP contribution in [0.25, 0.3) is 22.2 Å². The molecule has 0 fully saturated rings. The number of nitrogens with zero attached hydrogens (tertiary/aromatic N) is 2. The Labute approximate surface area is 226 Å². The van der Waals surface area contributed by atoms with Crippen molar-refractivity contribution < 1.29 is 19.4 Å². The number of halogens is 1. The molecule has 6 nitrogen and oxygen atoms in total. The van der Waals surface area contributed by atoms with Crippen molar-refractivity contribution in [2.75, 3.05) is 6.61 Å². The van der Waals surface area contributed by atoms with Gasteiger partial charge in [-0.05, 0) is 54.3 Å². The Hall–Kier alpha value is -4.29. The third-order valence-corrected chi connectivity index (χ3v) is 6.74. The first-order chi connectivity index (χ1) is 18.4. The summed E-state index contributed by atoms with van der Waals surface area (Å²) in [4.78, 5) is 16.3. The first-order valence-corrected chi connectivity index (χ1v) is 12.7. The van der Waals surface area contributed by atoms with Gasteiger partial charge in [-0.3, -0.25) is 4.57 Å². The number of imidazole rings is 1. The molecule has 0 bridgehead atoms. The van der Waals surface area contributed by atoms with E-state index in [1.165, 1.54) is 0 Å². The molecule has 1 N–H and O–H groups in total. The first kappa shape index (κ1) is 25.4. The Balaban J connectivity index is 1.49. The molecule has 0 unspecified atom stereocenters. The lowest BCUT2D eigenvalue weighted by Gasteiger charge is -2.13. The number of carbonyl (C=O) groups is 1. The van der Waals surface area contributed by atoms with Crippen LogP contribution >= 0.6 is 11.6 Å². The predicted molar refractivity (Wildman–Crippen MR) is 149 cm³/mol. The molecule has 0 amide bonds. The van der Waals surface area contributed by atoms with Crippen LogP contribution in [0.2, 0.25) is 5.02 Å². The van der Waals surface area contributed by atoms with Gasteiger partial charge in [-0.2, -0.15) is 4.98 Å². The quantitative estimate of drug-likeness (QED) is 0.217. The second-order valence-corrected chi connectivity index (χ2v) is 9.35. The van der Waals surface area contributed by atoms with Crippen molar-refractivity contribution in [2.24, 2.45) is 0 Å². The molecule has 1 aromatic heterocycles. The van der Waals surface area contributed by atoms with Crippen molar-refractivity contribution in [1.29, 1.82) is 0 Å². The van der Waals surface area contributed by atoms with Crippen LogP contribution < -0.4 is 9.47 Å². The molecule has 0 spiro atoms. The molecule has 192 valence electrons. The van der Waals surface area contributed by atoms with Gasteiger partial charge in [0, 0.05) is 16.7 Å². The van der Waals surface area contributed by atoms with Crippen molar-refractivity contribution >= 4 is 28.6 Å². The summed E-state index contributed by atoms with van der Waals surface area (Å²) in [6.07, 6.45) is 0. The summed E-state index contributed by atoms with van der Waals surface area (Å²) in [6.45, 7) is 4.96. The molecule has 5 aromatic rings. The number of hydrogen-bond donors (Lipinski definition) is 1. The van der Waals surface area contributed by atoms with Gasteiger partial charge < -0.3 is 14.6 Å². The number of carboxylic acid groups (broad SMARTS) is 1. The Morgan fingerprint density at radius 2 is 1.68 bits per heavy atom. The topological polar surface area (TPSA) is 73.6 Å². The SMILES string of the molecule is CCOc1nc2c(C)cc(OCc3ccccc3C(=O)O)cc2n1Cc1ccc(-c2ccccc2)cc1Cl. The molecule has 0 atom stereocenters. The van der Waals surface area contributed by atoms with Gasteiger partial charge in [-0.1, -0.05) is 72.3 Å². The van der Waals surface area contributed by atoms with Crippen molar-refractivity contribution in [3.05, 3.63) is 112 Å². The summed E-state index contributed by atoms with van der Waals surface area (Å²) in [7, 11) is 0. The Morgan fingerprint density at radius 1 is 0.921 bits per heavy atom. The fourth-order valence-electron chi connectivity index (χ4n) is 4.49. The fraction of sp³-hybridized carbons (Fsp3) is 0.161. The van der Waals surface area contributed by atoms with Crippen molar-refractivity contribution in [3.8, 4) is 22.9 Å². The molecule has 5 rings (SSSR count). The van der Waals surface area contributed by atoms with Crippen LogP contribution in [-0.4, -0.2) is 27.2 Å². The fourth-order valence-corrected chi connectivity index (χ4v) is 4.73. The molecule has 0 saturated heterocycles. The summed E-state index contributed by atoms with van der Waals surface area (Å²) in [5.74, 6) is -0.365. The van der Waals surface area contributed by atoms with Crippen LogP contribution in [0.1, 0.15) is 34.0 Å². The Bertz CT molecular complexity index is 1610. The van der Waals surface area contributed by atoms with E-state index in [0.717, 1.165) is 33.3 Å². The van der Waals surface area contributed by atoms with Gasteiger partial charge in [-0.15, -0.1) is 0 Å². The van der Waals surface area contributed by atoms with Gasteiger partial charge in [0.25, 0.3) is 6.01 Å². The first-order valence-electron chi connectivity index (χ1n) is 12.4. The largest absolute Gasteiger partial charge is 0.489 e. The van der Waals surface area contributed by atoms with E-state index in [4.69, 9.17) is 26.1 Å². The smallest absolute Gasteiger partial charge is 0.336 e. The minimum absolute atomic E-state index is 0.132. The molecule has 0 radical (unpaired) electrons. The highest BCUT2D eigenvalue weighted by Gasteiger charge is 2.18. The number of carboxylic acids is 1. The highest BCUT2D eigenvalue weighted by molar-refractivity contribution is 6.31. The Morgan fingerprint density at radius 3 is 2.42 bits per heavy atom. The molecule has 0 aliphatic carbocycles. The average Bonchev–Trinajstić information content (AvgIpc) is 3.26. The maximum atomic E-state index is 11.6. The summed E-state index contributed by atoms with van der Waals surface area (Å²) >= 11 is 6.75. The summed E-state index contributed by atoms with van der Waals surface area (Å²) < 4.78 is 14.0. The molecule has 0 aliphatic heterocycles. The van der Waals surface area contributed by atoms with Crippen LogP contribution in [0.5, 0.6) is 11.8 Å². The lowest BCUT2D eigenvalue weighted by atomic mass is 10.0. The van der Waals surface area contributed by atoms with Crippen molar-refractivity contribution in [3.63, 3.8) is 0 Å². The van der Waals surface area contributed by atoms with Crippen LogP contribution in [0.3, 0.4) is 0 Å². The van der Waals surface area contributed by atoms with E-state index in [2.05, 4.69) is 18.2 Å². The van der Waals surface area contributed by atoms with E-state index >= 15 is 0 Å². The zero-order valence-electron chi connectivity index (χ0n) is 21.1. The molecule has 0 aliphatic rings. The van der Waals surface area contributed by atoms with E-state index in [9.17, 15) is 9.90 Å². The highest BCUT2D eigenvalue weighted by atomic mass is 35.5. The minimum atomic E-state index is -0.981. The number of benzene rings is 4. The van der Waals surface area contributed by atoms with Crippen LogP contribution in [0.4, 0.5) is 0 Å². The Kier molecular flexibility index (Phi) is 7.33. The van der Waals surface area contributed by atoms with E-state index in [1.54, 1.807) is 24.3 Å². The maximum Gasteiger partial charge on any atom is 0.336 e. The normalized spacial score (nSPS) is 11.0. The molecule has 1 heterocycles. The number of aromatic carboxylic acids is 1. The van der Waals surface area contributed by atoms with Crippen LogP contribution in [0.15, 0.2) is 84.9 Å². The standard InChI is InChI=1S/C31H27ClN2O4/c1-3-37-31-33-29-20(2)15-25(38-19-24-11-7-8-12-26(24)30(35)36)17-28(29)34(31)18-23-14-13-22(16-27(23)32)21-9-5-4-6-10-21/h4-17H,3,18-19H2,1-2H3,(H,35,36). The summed E-state index contributed by atoms with van der Waals surface area (Å²) in [5.41, 5.74) is 6.50. The maximum absolute atomic E-state index is 11.6. The van der Waals surface area contributed by atoms with Gasteiger partial charge in [0.2, 0.25) is 0 Å². The monoisotopic (exact) mass is 526 g/mol. The summed E-state index contributed by atoms with van der Waals surface area (Å²) in [5, 5.41) is 10.1. The van der Waals surface area contributed by atoms with E-state index < -0.39 is 5.97 Å². The number of rotatable bonds is 9. The third kappa shape index (κ3) is 5.22. The number of hydrogen-bond acceptors (Lipinski definition) is 4. The van der Waals surface area contributed by atoms with Gasteiger partial charge in [-0.25, -0.2) is 4.79 Å². The van der Waals surface area contributed by atoms with Crippen molar-refractivity contribution in [1.82, 2.24) is 9.55 Å². The molecular weight excluding hydrogens is 500 g/mol. The lowest BCUT2D eigenvalue weighted by Crippen LogP contribution is -2.06. The predicted octanol–water partition coefficient (Wildman–Crippen LogP) is 7.39. The third-order valence-electron chi connectivity index (χ3n) is 6.39. The molecular formula is C31H27ClN2O4. The number of fused-ring (bicyclic) bond motifs is 1. The second-order valence-electron chi connectivity index (χ2n) is 8.94. The average molecular weight is 527 g/mol. The minimum Gasteiger partial charge on any atom is -0.489 e. The van der Waals surface area contributed by atoms with Gasteiger partial charge in [0.15, 0.2) is 0 Å². The van der Waals surface area contributed by atoms with E-state index in [1.807, 2.05) is 60.9 Å². The molecule has 38 heavy (non-hydrogen) atoms. The lowest BCUT2D eigenvalue weighted by molar-refractivity contribution is 0.0694. The zero-order valence-corrected chi connectivity index (χ0v) is 21.9. The van der Waals surface area contributed by atoms with Crippen molar-refractivity contribution in [2.45, 2.75) is 27.0 Å². The molecule has 7 heteroatoms. The summed E-state index contributed by atoms with van der Waals surface area (Å²) in [6, 6.07) is 27.3. The molecule has 4 aromatic carbocycles. The van der Waals surface area contributed by atoms with Gasteiger partial charge >= 0.3 is 5.97 Å². The van der Waals surface area contributed by atoms with E-state index in [-0.39, 0.29) is 12.2 Å². The highest BCUT2D eigenvalue weighted by Crippen LogP contribution is 2.32. The molecule has 0 saturated carbocycles. The van der Waals surface area contributed by atoms with E-state index in [0.29, 0.717) is 35.5 Å². The van der Waals surface area contributed by atoms with Gasteiger partial charge in [0.1, 0.15) is 12.4 Å². The van der Waals surface area contributed by atoms with Crippen LogP contribution in [0, 0.1) is 6.92 Å². The second kappa shape index (κ2) is 11.0. The van der Waals surface area contributed by atoms with Crippen LogP contribution in [-0.2, 0) is 13.2 Å². The number of ether oxygens (including phenoxy) is 2. The number of aromatic nitrogens is 2. The van der Waals surface area contributed by atoms with Gasteiger partial charge in [0.05, 0.1) is 29.7 Å².